The van der Waals surface area contributed by atoms with E-state index in [1.165, 1.54) is 0 Å². The van der Waals surface area contributed by atoms with Crippen LogP contribution in [-0.2, 0) is 4.79 Å². The summed E-state index contributed by atoms with van der Waals surface area (Å²) >= 11 is 0. The van der Waals surface area contributed by atoms with Crippen LogP contribution in [0, 0.1) is 0 Å². The molecule has 2 aromatic rings. The van der Waals surface area contributed by atoms with Crippen LogP contribution in [-0.4, -0.2) is 57.2 Å². The summed E-state index contributed by atoms with van der Waals surface area (Å²) in [5.41, 5.74) is 0.746. The SMILES string of the molecule is O=C1c2ccccc2C(=O)N1CC(=O)N1C2CCC1CC(Oc1ccncc1)C2. The first kappa shape index (κ1) is 17.8. The fourth-order valence-electron chi connectivity index (χ4n) is 4.84. The lowest BCUT2D eigenvalue weighted by Gasteiger charge is -2.39. The fourth-order valence-corrected chi connectivity index (χ4v) is 4.84. The van der Waals surface area contributed by atoms with Gasteiger partial charge in [0.15, 0.2) is 0 Å². The molecule has 7 nitrogen and oxygen atoms in total. The number of rotatable bonds is 4. The van der Waals surface area contributed by atoms with E-state index in [0.29, 0.717) is 11.1 Å². The summed E-state index contributed by atoms with van der Waals surface area (Å²) in [5, 5.41) is 0. The van der Waals surface area contributed by atoms with Crippen LogP contribution in [0.15, 0.2) is 48.8 Å². The van der Waals surface area contributed by atoms with Crippen molar-refractivity contribution in [3.63, 3.8) is 0 Å². The van der Waals surface area contributed by atoms with Crippen molar-refractivity contribution in [1.82, 2.24) is 14.8 Å². The summed E-state index contributed by atoms with van der Waals surface area (Å²) in [6.07, 6.45) is 6.82. The monoisotopic (exact) mass is 391 g/mol. The minimum Gasteiger partial charge on any atom is -0.490 e. The third-order valence-electron chi connectivity index (χ3n) is 6.10. The number of ether oxygens (including phenoxy) is 1. The molecule has 2 fully saturated rings. The standard InChI is InChI=1S/C22H21N3O4/c26-20(13-24-21(27)18-3-1-2-4-19(18)22(24)28)25-14-5-6-15(25)12-17(11-14)29-16-7-9-23-10-8-16/h1-4,7-10,14-15,17H,5-6,11-13H2. The fraction of sp³-hybridized carbons (Fsp3) is 0.364. The number of hydrogen-bond donors (Lipinski definition) is 0. The zero-order valence-corrected chi connectivity index (χ0v) is 15.9. The van der Waals surface area contributed by atoms with Crippen molar-refractivity contribution in [3.05, 3.63) is 59.9 Å². The van der Waals surface area contributed by atoms with Crippen LogP contribution in [0.25, 0.3) is 0 Å². The van der Waals surface area contributed by atoms with E-state index < -0.39 is 0 Å². The van der Waals surface area contributed by atoms with Crippen molar-refractivity contribution in [2.45, 2.75) is 43.9 Å². The van der Waals surface area contributed by atoms with Gasteiger partial charge >= 0.3 is 0 Å². The van der Waals surface area contributed by atoms with E-state index in [9.17, 15) is 14.4 Å². The number of carbonyl (C=O) groups excluding carboxylic acids is 3. The van der Waals surface area contributed by atoms with Gasteiger partial charge in [-0.3, -0.25) is 24.3 Å². The second-order valence-corrected chi connectivity index (χ2v) is 7.82. The van der Waals surface area contributed by atoms with Crippen molar-refractivity contribution < 1.29 is 19.1 Å². The highest BCUT2D eigenvalue weighted by Gasteiger charge is 2.45. The number of benzene rings is 1. The van der Waals surface area contributed by atoms with Crippen LogP contribution in [0.2, 0.25) is 0 Å². The minimum absolute atomic E-state index is 0.0539. The quantitative estimate of drug-likeness (QED) is 0.747. The van der Waals surface area contributed by atoms with E-state index in [0.717, 1.165) is 36.3 Å². The molecule has 4 heterocycles. The maximum atomic E-state index is 13.1. The number of nitrogens with zero attached hydrogens (tertiary/aromatic N) is 3. The van der Waals surface area contributed by atoms with Crippen LogP contribution in [0.4, 0.5) is 0 Å². The minimum atomic E-state index is -0.387. The number of carbonyl (C=O) groups is 3. The van der Waals surface area contributed by atoms with Crippen LogP contribution in [0.3, 0.4) is 0 Å². The predicted octanol–water partition coefficient (Wildman–Crippen LogP) is 2.28. The molecule has 7 heteroatoms. The van der Waals surface area contributed by atoms with E-state index in [1.807, 2.05) is 17.0 Å². The normalized spacial score (nSPS) is 25.3. The lowest BCUT2D eigenvalue weighted by molar-refractivity contribution is -0.137. The Labute approximate surface area is 168 Å². The second-order valence-electron chi connectivity index (χ2n) is 7.82. The largest absolute Gasteiger partial charge is 0.490 e. The average Bonchev–Trinajstić information content (AvgIpc) is 3.14. The van der Waals surface area contributed by atoms with Gasteiger partial charge in [-0.05, 0) is 37.1 Å². The topological polar surface area (TPSA) is 79.8 Å². The van der Waals surface area contributed by atoms with Crippen molar-refractivity contribution in [2.24, 2.45) is 0 Å². The zero-order chi connectivity index (χ0) is 20.0. The van der Waals surface area contributed by atoms with Gasteiger partial charge in [0.25, 0.3) is 11.8 Å². The molecular formula is C22H21N3O4. The van der Waals surface area contributed by atoms with Crippen molar-refractivity contribution in [1.29, 1.82) is 0 Å². The molecule has 0 N–H and O–H groups in total. The lowest BCUT2D eigenvalue weighted by Crippen LogP contribution is -2.52. The van der Waals surface area contributed by atoms with E-state index in [2.05, 4.69) is 4.98 Å². The van der Waals surface area contributed by atoms with Crippen molar-refractivity contribution in [3.8, 4) is 5.75 Å². The van der Waals surface area contributed by atoms with Gasteiger partial charge in [0.1, 0.15) is 18.4 Å². The van der Waals surface area contributed by atoms with Gasteiger partial charge in [-0.25, -0.2) is 0 Å². The number of amides is 3. The molecule has 3 amide bonds. The maximum absolute atomic E-state index is 13.1. The number of piperidine rings is 1. The molecule has 1 aromatic carbocycles. The Hall–Kier alpha value is -3.22. The highest BCUT2D eigenvalue weighted by atomic mass is 16.5. The van der Waals surface area contributed by atoms with Gasteiger partial charge in [-0.2, -0.15) is 0 Å². The Morgan fingerprint density at radius 3 is 2.14 bits per heavy atom. The Balaban J connectivity index is 1.26. The zero-order valence-electron chi connectivity index (χ0n) is 15.9. The molecule has 3 aliphatic rings. The predicted molar refractivity (Wildman–Crippen MR) is 103 cm³/mol. The summed E-state index contributed by atoms with van der Waals surface area (Å²) < 4.78 is 6.08. The van der Waals surface area contributed by atoms with Gasteiger partial charge < -0.3 is 9.64 Å². The Morgan fingerprint density at radius 1 is 0.966 bits per heavy atom. The van der Waals surface area contributed by atoms with Crippen molar-refractivity contribution in [2.75, 3.05) is 6.54 Å². The maximum Gasteiger partial charge on any atom is 0.262 e. The van der Waals surface area contributed by atoms with E-state index in [-0.39, 0.29) is 42.5 Å². The molecule has 5 rings (SSSR count). The van der Waals surface area contributed by atoms with Gasteiger partial charge in [-0.15, -0.1) is 0 Å². The number of pyridine rings is 1. The molecule has 0 radical (unpaired) electrons. The van der Waals surface area contributed by atoms with Gasteiger partial charge in [0.2, 0.25) is 5.91 Å². The molecule has 2 unspecified atom stereocenters. The van der Waals surface area contributed by atoms with E-state index in [1.54, 1.807) is 36.7 Å². The number of aromatic nitrogens is 1. The first-order valence-electron chi connectivity index (χ1n) is 9.95. The summed E-state index contributed by atoms with van der Waals surface area (Å²) in [4.78, 5) is 45.1. The third kappa shape index (κ3) is 3.06. The third-order valence-corrected chi connectivity index (χ3v) is 6.10. The van der Waals surface area contributed by atoms with E-state index >= 15 is 0 Å². The summed E-state index contributed by atoms with van der Waals surface area (Å²) in [6, 6.07) is 10.6. The Bertz CT molecular complexity index is 928. The smallest absolute Gasteiger partial charge is 0.262 e. The summed E-state index contributed by atoms with van der Waals surface area (Å²) in [5.74, 6) is -0.144. The number of imide groups is 1. The van der Waals surface area contributed by atoms with Crippen LogP contribution in [0.5, 0.6) is 5.75 Å². The van der Waals surface area contributed by atoms with Crippen molar-refractivity contribution >= 4 is 17.7 Å². The molecule has 0 spiro atoms. The second kappa shape index (κ2) is 6.99. The summed E-state index contributed by atoms with van der Waals surface area (Å²) in [6.45, 7) is -0.199. The molecule has 148 valence electrons. The van der Waals surface area contributed by atoms with Crippen LogP contribution < -0.4 is 4.74 Å². The molecule has 3 aliphatic heterocycles. The average molecular weight is 391 g/mol. The summed E-state index contributed by atoms with van der Waals surface area (Å²) in [7, 11) is 0. The van der Waals surface area contributed by atoms with Gasteiger partial charge in [-0.1, -0.05) is 12.1 Å². The number of fused-ring (bicyclic) bond motifs is 3. The van der Waals surface area contributed by atoms with Crippen LogP contribution in [0.1, 0.15) is 46.4 Å². The lowest BCUT2D eigenvalue weighted by atomic mass is 9.99. The van der Waals surface area contributed by atoms with Gasteiger partial charge in [0, 0.05) is 37.3 Å². The molecule has 2 atom stereocenters. The van der Waals surface area contributed by atoms with Gasteiger partial charge in [0.05, 0.1) is 11.1 Å². The van der Waals surface area contributed by atoms with E-state index in [4.69, 9.17) is 4.74 Å². The molecule has 29 heavy (non-hydrogen) atoms. The molecule has 2 saturated heterocycles. The Morgan fingerprint density at radius 2 is 1.55 bits per heavy atom. The molecule has 2 bridgehead atoms. The highest BCUT2D eigenvalue weighted by molar-refractivity contribution is 6.22. The highest BCUT2D eigenvalue weighted by Crippen LogP contribution is 2.37. The Kier molecular flexibility index (Phi) is 4.30. The van der Waals surface area contributed by atoms with Crippen LogP contribution >= 0.6 is 0 Å². The molecule has 0 saturated carbocycles. The first-order chi connectivity index (χ1) is 14.1. The molecule has 1 aromatic heterocycles. The molecular weight excluding hydrogens is 370 g/mol. The first-order valence-corrected chi connectivity index (χ1v) is 9.95. The number of hydrogen-bond acceptors (Lipinski definition) is 5. The molecule has 0 aliphatic carbocycles.